The van der Waals surface area contributed by atoms with Crippen molar-refractivity contribution in [1.29, 1.82) is 0 Å². The summed E-state index contributed by atoms with van der Waals surface area (Å²) in [6, 6.07) is 4.62. The molecule has 3 N–H and O–H groups in total. The molecule has 1 aromatic carbocycles. The fourth-order valence-corrected chi connectivity index (χ4v) is 2.57. The van der Waals surface area contributed by atoms with Crippen LogP contribution in [0.4, 0.5) is 19.0 Å². The minimum absolute atomic E-state index is 0.226. The number of hydrogen-bond donors (Lipinski definition) is 3. The number of aromatic nitrogens is 2. The van der Waals surface area contributed by atoms with E-state index in [1.807, 2.05) is 0 Å². The van der Waals surface area contributed by atoms with Gasteiger partial charge in [-0.15, -0.1) is 10.2 Å². The van der Waals surface area contributed by atoms with E-state index in [4.69, 9.17) is 0 Å². The molecule has 3 rings (SSSR count). The Morgan fingerprint density at radius 3 is 2.52 bits per heavy atom. The van der Waals surface area contributed by atoms with E-state index in [-0.39, 0.29) is 11.5 Å². The molecule has 8 heteroatoms. The summed E-state index contributed by atoms with van der Waals surface area (Å²) in [4.78, 5) is 0. The van der Waals surface area contributed by atoms with Crippen molar-refractivity contribution >= 4 is 5.82 Å². The van der Waals surface area contributed by atoms with E-state index in [0.717, 1.165) is 24.5 Å². The van der Waals surface area contributed by atoms with Crippen molar-refractivity contribution in [3.05, 3.63) is 35.4 Å². The van der Waals surface area contributed by atoms with Gasteiger partial charge in [-0.1, -0.05) is 0 Å². The number of aliphatic hydroxyl groups is 1. The molecule has 0 spiro atoms. The molecule has 1 aliphatic rings. The highest BCUT2D eigenvalue weighted by Crippen LogP contribution is 2.46. The number of nitrogens with one attached hydrogen (secondary N) is 1. The number of alkyl halides is 3. The second-order valence-electron chi connectivity index (χ2n) is 6.27. The highest BCUT2D eigenvalue weighted by molar-refractivity contribution is 5.72. The van der Waals surface area contributed by atoms with Gasteiger partial charge in [0.15, 0.2) is 0 Å². The van der Waals surface area contributed by atoms with Gasteiger partial charge in [0.05, 0.1) is 11.7 Å². The summed E-state index contributed by atoms with van der Waals surface area (Å²) in [5, 5.41) is 30.5. The van der Waals surface area contributed by atoms with Crippen LogP contribution in [-0.4, -0.2) is 33.1 Å². The van der Waals surface area contributed by atoms with Gasteiger partial charge in [0.25, 0.3) is 0 Å². The number of benzene rings is 1. The molecule has 5 nitrogen and oxygen atoms in total. The molecule has 1 saturated carbocycles. The molecule has 2 aromatic rings. The third-order valence-corrected chi connectivity index (χ3v) is 4.00. The van der Waals surface area contributed by atoms with Gasteiger partial charge in [-0.2, -0.15) is 13.2 Å². The Kier molecular flexibility index (Phi) is 4.55. The number of nitrogens with zero attached hydrogens (tertiary/aromatic N) is 2. The quantitative estimate of drug-likeness (QED) is 0.766. The van der Waals surface area contributed by atoms with Crippen LogP contribution in [0.5, 0.6) is 5.75 Å². The van der Waals surface area contributed by atoms with E-state index in [2.05, 4.69) is 15.5 Å². The van der Waals surface area contributed by atoms with Gasteiger partial charge in [0, 0.05) is 12.1 Å². The summed E-state index contributed by atoms with van der Waals surface area (Å²) in [6.45, 7) is 1.94. The van der Waals surface area contributed by atoms with Crippen LogP contribution in [0.15, 0.2) is 24.3 Å². The molecule has 25 heavy (non-hydrogen) atoms. The smallest absolute Gasteiger partial charge is 0.416 e. The fraction of sp³-hybridized carbons (Fsp3) is 0.412. The maximum absolute atomic E-state index is 12.8. The van der Waals surface area contributed by atoms with E-state index in [1.54, 1.807) is 13.0 Å². The standard InChI is InChI=1S/C17H18F3N3O2/c1-9(24)8-21-15-7-13(10-2-3-10)16(23-22-15)12-5-4-11(6-14(12)25)17(18,19)20/h4-7,9-10,24-25H,2-3,8H2,1H3,(H,21,22)/t9-/m1/s1. The van der Waals surface area contributed by atoms with E-state index in [1.165, 1.54) is 6.07 Å². The van der Waals surface area contributed by atoms with Gasteiger partial charge in [0.1, 0.15) is 17.3 Å². The average molecular weight is 353 g/mol. The maximum Gasteiger partial charge on any atom is 0.416 e. The largest absolute Gasteiger partial charge is 0.507 e. The predicted octanol–water partition coefficient (Wildman–Crippen LogP) is 3.54. The Balaban J connectivity index is 1.96. The number of hydrogen-bond acceptors (Lipinski definition) is 5. The van der Waals surface area contributed by atoms with Crippen LogP contribution < -0.4 is 5.32 Å². The van der Waals surface area contributed by atoms with Crippen molar-refractivity contribution in [1.82, 2.24) is 10.2 Å². The first-order valence-electron chi connectivity index (χ1n) is 7.96. The lowest BCUT2D eigenvalue weighted by molar-refractivity contribution is -0.137. The summed E-state index contributed by atoms with van der Waals surface area (Å²) in [7, 11) is 0. The Morgan fingerprint density at radius 2 is 1.96 bits per heavy atom. The molecule has 0 bridgehead atoms. The number of rotatable bonds is 5. The van der Waals surface area contributed by atoms with Crippen LogP contribution in [-0.2, 0) is 6.18 Å². The minimum Gasteiger partial charge on any atom is -0.507 e. The summed E-state index contributed by atoms with van der Waals surface area (Å²) < 4.78 is 38.3. The van der Waals surface area contributed by atoms with Crippen LogP contribution in [0.25, 0.3) is 11.3 Å². The van der Waals surface area contributed by atoms with Gasteiger partial charge in [-0.25, -0.2) is 0 Å². The molecule has 134 valence electrons. The van der Waals surface area contributed by atoms with Gasteiger partial charge in [-0.3, -0.25) is 0 Å². The second kappa shape index (κ2) is 6.51. The highest BCUT2D eigenvalue weighted by atomic mass is 19.4. The van der Waals surface area contributed by atoms with Gasteiger partial charge >= 0.3 is 6.18 Å². The van der Waals surface area contributed by atoms with Gasteiger partial charge in [0.2, 0.25) is 0 Å². The molecule has 0 saturated heterocycles. The first-order valence-corrected chi connectivity index (χ1v) is 7.96. The van der Waals surface area contributed by atoms with Crippen molar-refractivity contribution < 1.29 is 23.4 Å². The Labute approximate surface area is 142 Å². The third kappa shape index (κ3) is 4.01. The van der Waals surface area contributed by atoms with Crippen molar-refractivity contribution in [3.8, 4) is 17.0 Å². The summed E-state index contributed by atoms with van der Waals surface area (Å²) in [6.07, 6.45) is -3.16. The number of aromatic hydroxyl groups is 1. The van der Waals surface area contributed by atoms with Crippen LogP contribution >= 0.6 is 0 Å². The monoisotopic (exact) mass is 353 g/mol. The zero-order valence-corrected chi connectivity index (χ0v) is 13.5. The number of halogens is 3. The number of phenols is 1. The molecule has 0 amide bonds. The molecule has 1 aliphatic carbocycles. The molecular formula is C17H18F3N3O2. The van der Waals surface area contributed by atoms with Crippen molar-refractivity contribution in [2.24, 2.45) is 0 Å². The molecule has 0 aliphatic heterocycles. The summed E-state index contributed by atoms with van der Waals surface area (Å²) in [5.41, 5.74) is 0.531. The molecule has 0 radical (unpaired) electrons. The molecule has 1 fully saturated rings. The zero-order chi connectivity index (χ0) is 18.2. The molecule has 0 unspecified atom stereocenters. The van der Waals surface area contributed by atoms with E-state index < -0.39 is 23.6 Å². The van der Waals surface area contributed by atoms with Crippen LogP contribution in [0, 0.1) is 0 Å². The van der Waals surface area contributed by atoms with Crippen LogP contribution in [0.1, 0.15) is 36.8 Å². The fourth-order valence-electron chi connectivity index (χ4n) is 2.57. The second-order valence-corrected chi connectivity index (χ2v) is 6.27. The molecule has 1 atom stereocenters. The first kappa shape index (κ1) is 17.5. The van der Waals surface area contributed by atoms with Crippen molar-refractivity contribution in [3.63, 3.8) is 0 Å². The zero-order valence-electron chi connectivity index (χ0n) is 13.5. The Hall–Kier alpha value is -2.35. The predicted molar refractivity (Wildman–Crippen MR) is 86.3 cm³/mol. The number of aliphatic hydroxyl groups excluding tert-OH is 1. The third-order valence-electron chi connectivity index (χ3n) is 4.00. The average Bonchev–Trinajstić information content (AvgIpc) is 3.37. The normalized spacial score (nSPS) is 15.9. The topological polar surface area (TPSA) is 78.3 Å². The van der Waals surface area contributed by atoms with E-state index >= 15 is 0 Å². The maximum atomic E-state index is 12.8. The van der Waals surface area contributed by atoms with Gasteiger partial charge in [-0.05, 0) is 55.5 Å². The molecule has 1 aromatic heterocycles. The van der Waals surface area contributed by atoms with Gasteiger partial charge < -0.3 is 15.5 Å². The summed E-state index contributed by atoms with van der Waals surface area (Å²) in [5.74, 6) is 0.257. The number of anilines is 1. The van der Waals surface area contributed by atoms with E-state index in [0.29, 0.717) is 24.1 Å². The lowest BCUT2D eigenvalue weighted by atomic mass is 10.0. The van der Waals surface area contributed by atoms with Crippen molar-refractivity contribution in [2.75, 3.05) is 11.9 Å². The Morgan fingerprint density at radius 1 is 1.24 bits per heavy atom. The first-order chi connectivity index (χ1) is 11.8. The molecule has 1 heterocycles. The Bertz CT molecular complexity index is 774. The minimum atomic E-state index is -4.52. The highest BCUT2D eigenvalue weighted by Gasteiger charge is 2.33. The van der Waals surface area contributed by atoms with Crippen LogP contribution in [0.2, 0.25) is 0 Å². The van der Waals surface area contributed by atoms with Crippen molar-refractivity contribution in [2.45, 2.75) is 38.0 Å². The number of phenolic OH excluding ortho intramolecular Hbond substituents is 1. The summed E-state index contributed by atoms with van der Waals surface area (Å²) >= 11 is 0. The van der Waals surface area contributed by atoms with Crippen LogP contribution in [0.3, 0.4) is 0 Å². The SMILES string of the molecule is C[C@@H](O)CNc1cc(C2CC2)c(-c2ccc(C(F)(F)F)cc2O)nn1. The molecular weight excluding hydrogens is 335 g/mol. The lowest BCUT2D eigenvalue weighted by Gasteiger charge is -2.14. The van der Waals surface area contributed by atoms with E-state index in [9.17, 15) is 23.4 Å². The lowest BCUT2D eigenvalue weighted by Crippen LogP contribution is -2.16.